The minimum Gasteiger partial charge on any atom is -0.467 e. The second kappa shape index (κ2) is 3.88. The minimum atomic E-state index is 0.308. The minimum absolute atomic E-state index is 0.308. The molecule has 0 aliphatic rings. The molecular formula is C7H13N5O. The quantitative estimate of drug-likeness (QED) is 0.711. The topological polar surface area (TPSA) is 63.2 Å². The molecule has 0 saturated heterocycles. The number of anilines is 2. The number of ether oxygens (including phenoxy) is 1. The third-order valence-corrected chi connectivity index (χ3v) is 1.41. The highest BCUT2D eigenvalue weighted by atomic mass is 16.5. The Labute approximate surface area is 77.0 Å². The predicted octanol–water partition coefficient (Wildman–Crippen LogP) is -0.0121. The molecule has 0 atom stereocenters. The van der Waals surface area contributed by atoms with Crippen LogP contribution in [0, 0.1) is 0 Å². The van der Waals surface area contributed by atoms with Gasteiger partial charge in [0, 0.05) is 21.1 Å². The lowest BCUT2D eigenvalue weighted by molar-refractivity contribution is 0.379. The Bertz CT molecular complexity index is 266. The molecule has 0 aromatic carbocycles. The summed E-state index contributed by atoms with van der Waals surface area (Å²) in [5.41, 5.74) is 0. The summed E-state index contributed by atoms with van der Waals surface area (Å²) in [7, 11) is 6.98. The fraction of sp³-hybridized carbons (Fsp3) is 0.571. The van der Waals surface area contributed by atoms with Crippen molar-refractivity contribution in [2.45, 2.75) is 0 Å². The third kappa shape index (κ3) is 2.17. The smallest absolute Gasteiger partial charge is 0.322 e. The highest BCUT2D eigenvalue weighted by Crippen LogP contribution is 2.11. The number of hydrogen-bond donors (Lipinski definition) is 1. The summed E-state index contributed by atoms with van der Waals surface area (Å²) in [6, 6.07) is 0.308. The normalized spacial score (nSPS) is 9.54. The number of aromatic nitrogens is 3. The molecule has 0 fully saturated rings. The average molecular weight is 183 g/mol. The molecule has 6 nitrogen and oxygen atoms in total. The van der Waals surface area contributed by atoms with Crippen molar-refractivity contribution in [1.29, 1.82) is 0 Å². The van der Waals surface area contributed by atoms with E-state index >= 15 is 0 Å². The van der Waals surface area contributed by atoms with Gasteiger partial charge in [0.2, 0.25) is 11.9 Å². The van der Waals surface area contributed by atoms with Gasteiger partial charge in [-0.25, -0.2) is 0 Å². The van der Waals surface area contributed by atoms with Crippen molar-refractivity contribution >= 4 is 11.9 Å². The van der Waals surface area contributed by atoms with Gasteiger partial charge in [-0.15, -0.1) is 0 Å². The Morgan fingerprint density at radius 2 is 1.92 bits per heavy atom. The van der Waals surface area contributed by atoms with E-state index in [9.17, 15) is 0 Å². The summed E-state index contributed by atoms with van der Waals surface area (Å²) in [4.78, 5) is 13.9. The third-order valence-electron chi connectivity index (χ3n) is 1.41. The number of methoxy groups -OCH3 is 1. The van der Waals surface area contributed by atoms with E-state index in [0.29, 0.717) is 17.9 Å². The van der Waals surface area contributed by atoms with Crippen LogP contribution in [0.25, 0.3) is 0 Å². The van der Waals surface area contributed by atoms with Gasteiger partial charge in [0.1, 0.15) is 0 Å². The van der Waals surface area contributed by atoms with Crippen LogP contribution in [0.15, 0.2) is 0 Å². The first-order valence-electron chi connectivity index (χ1n) is 3.82. The van der Waals surface area contributed by atoms with Gasteiger partial charge in [-0.2, -0.15) is 15.0 Å². The van der Waals surface area contributed by atoms with Gasteiger partial charge in [-0.3, -0.25) is 0 Å². The molecule has 0 aliphatic heterocycles. The van der Waals surface area contributed by atoms with E-state index < -0.39 is 0 Å². The monoisotopic (exact) mass is 183 g/mol. The molecule has 0 spiro atoms. The maximum absolute atomic E-state index is 4.92. The van der Waals surface area contributed by atoms with Gasteiger partial charge in [0.25, 0.3) is 0 Å². The van der Waals surface area contributed by atoms with Crippen molar-refractivity contribution in [2.75, 3.05) is 38.5 Å². The average Bonchev–Trinajstić information content (AvgIpc) is 2.16. The summed E-state index contributed by atoms with van der Waals surface area (Å²) in [6.07, 6.45) is 0. The van der Waals surface area contributed by atoms with Gasteiger partial charge in [0.15, 0.2) is 0 Å². The van der Waals surface area contributed by atoms with Crippen molar-refractivity contribution in [3.8, 4) is 6.01 Å². The molecule has 0 aliphatic carbocycles. The number of nitrogens with zero attached hydrogens (tertiary/aromatic N) is 4. The van der Waals surface area contributed by atoms with Gasteiger partial charge >= 0.3 is 6.01 Å². The first-order valence-corrected chi connectivity index (χ1v) is 3.82. The number of nitrogens with one attached hydrogen (secondary N) is 1. The lowest BCUT2D eigenvalue weighted by atomic mass is 10.7. The van der Waals surface area contributed by atoms with Gasteiger partial charge in [0.05, 0.1) is 7.11 Å². The van der Waals surface area contributed by atoms with Crippen LogP contribution in [-0.2, 0) is 0 Å². The molecule has 13 heavy (non-hydrogen) atoms. The molecule has 1 rings (SSSR count). The summed E-state index contributed by atoms with van der Waals surface area (Å²) in [5, 5.41) is 2.83. The zero-order valence-corrected chi connectivity index (χ0v) is 8.20. The molecule has 0 unspecified atom stereocenters. The van der Waals surface area contributed by atoms with Crippen molar-refractivity contribution in [2.24, 2.45) is 0 Å². The van der Waals surface area contributed by atoms with Crippen LogP contribution < -0.4 is 15.0 Å². The molecule has 6 heteroatoms. The van der Waals surface area contributed by atoms with E-state index in [1.54, 1.807) is 11.9 Å². The first-order chi connectivity index (χ1) is 6.17. The number of rotatable bonds is 3. The molecule has 1 aromatic rings. The highest BCUT2D eigenvalue weighted by molar-refractivity contribution is 5.36. The zero-order valence-electron chi connectivity index (χ0n) is 8.20. The SMILES string of the molecule is CNc1nc(OC)nc(N(C)C)n1. The van der Waals surface area contributed by atoms with Crippen LogP contribution >= 0.6 is 0 Å². The number of hydrogen-bond acceptors (Lipinski definition) is 6. The lowest BCUT2D eigenvalue weighted by Crippen LogP contribution is -2.15. The van der Waals surface area contributed by atoms with Crippen molar-refractivity contribution < 1.29 is 4.74 Å². The Morgan fingerprint density at radius 3 is 2.38 bits per heavy atom. The Hall–Kier alpha value is -1.59. The summed E-state index contributed by atoms with van der Waals surface area (Å²) < 4.78 is 4.92. The van der Waals surface area contributed by atoms with Gasteiger partial charge in [-0.05, 0) is 0 Å². The summed E-state index contributed by atoms with van der Waals surface area (Å²) in [6.45, 7) is 0. The first kappa shape index (κ1) is 9.50. The second-order valence-electron chi connectivity index (χ2n) is 2.59. The summed E-state index contributed by atoms with van der Waals surface area (Å²) >= 11 is 0. The maximum atomic E-state index is 4.92. The van der Waals surface area contributed by atoms with E-state index in [0.717, 1.165) is 0 Å². The van der Waals surface area contributed by atoms with Crippen LogP contribution in [0.1, 0.15) is 0 Å². The summed E-state index contributed by atoms with van der Waals surface area (Å²) in [5.74, 6) is 1.06. The van der Waals surface area contributed by atoms with E-state index in [2.05, 4.69) is 20.3 Å². The van der Waals surface area contributed by atoms with Gasteiger partial charge in [-0.1, -0.05) is 0 Å². The molecule has 1 aromatic heterocycles. The molecule has 0 bridgehead atoms. The second-order valence-corrected chi connectivity index (χ2v) is 2.59. The molecule has 0 radical (unpaired) electrons. The van der Waals surface area contributed by atoms with E-state index in [1.807, 2.05) is 14.1 Å². The largest absolute Gasteiger partial charge is 0.467 e. The standard InChI is InChI=1S/C7H13N5O/c1-8-5-9-6(12(2)3)11-7(10-5)13-4/h1-4H3,(H,8,9,10,11). The Morgan fingerprint density at radius 1 is 1.23 bits per heavy atom. The highest BCUT2D eigenvalue weighted by Gasteiger charge is 2.06. The van der Waals surface area contributed by atoms with Crippen LogP contribution in [-0.4, -0.2) is 43.2 Å². The van der Waals surface area contributed by atoms with E-state index in [-0.39, 0.29) is 0 Å². The Balaban J connectivity index is 3.07. The van der Waals surface area contributed by atoms with E-state index in [1.165, 1.54) is 7.11 Å². The Kier molecular flexibility index (Phi) is 2.84. The van der Waals surface area contributed by atoms with Crippen molar-refractivity contribution in [3.05, 3.63) is 0 Å². The fourth-order valence-electron chi connectivity index (χ4n) is 0.749. The van der Waals surface area contributed by atoms with Crippen LogP contribution in [0.2, 0.25) is 0 Å². The van der Waals surface area contributed by atoms with Crippen molar-refractivity contribution in [3.63, 3.8) is 0 Å². The van der Waals surface area contributed by atoms with Gasteiger partial charge < -0.3 is 15.0 Å². The lowest BCUT2D eigenvalue weighted by Gasteiger charge is -2.11. The molecule has 1 heterocycles. The predicted molar refractivity (Wildman–Crippen MR) is 50.3 cm³/mol. The zero-order chi connectivity index (χ0) is 9.84. The maximum Gasteiger partial charge on any atom is 0.322 e. The molecule has 0 saturated carbocycles. The molecule has 72 valence electrons. The van der Waals surface area contributed by atoms with Crippen molar-refractivity contribution in [1.82, 2.24) is 15.0 Å². The van der Waals surface area contributed by atoms with Crippen LogP contribution in [0.5, 0.6) is 6.01 Å². The molecule has 1 N–H and O–H groups in total. The van der Waals surface area contributed by atoms with Crippen LogP contribution in [0.3, 0.4) is 0 Å². The molecule has 0 amide bonds. The fourth-order valence-corrected chi connectivity index (χ4v) is 0.749. The van der Waals surface area contributed by atoms with E-state index in [4.69, 9.17) is 4.74 Å². The van der Waals surface area contributed by atoms with Crippen LogP contribution in [0.4, 0.5) is 11.9 Å². The molecular weight excluding hydrogens is 170 g/mol.